The summed E-state index contributed by atoms with van der Waals surface area (Å²) in [6.45, 7) is 0.852. The molecular weight excluding hydrogens is 316 g/mol. The molecule has 2 aromatic carbocycles. The Morgan fingerprint density at radius 1 is 1.08 bits per heavy atom. The van der Waals surface area contributed by atoms with Crippen molar-refractivity contribution >= 4 is 16.8 Å². The number of rotatable bonds is 7. The lowest BCUT2D eigenvalue weighted by Crippen LogP contribution is -2.29. The number of para-hydroxylation sites is 1. The molecule has 1 amide bonds. The second-order valence-corrected chi connectivity index (χ2v) is 5.78. The van der Waals surface area contributed by atoms with Crippen molar-refractivity contribution in [2.75, 3.05) is 20.8 Å². The van der Waals surface area contributed by atoms with Crippen molar-refractivity contribution in [2.45, 2.75) is 13.0 Å². The molecule has 5 heteroatoms. The monoisotopic (exact) mass is 338 g/mol. The normalized spacial score (nSPS) is 10.6. The predicted molar refractivity (Wildman–Crippen MR) is 98.2 cm³/mol. The number of nitrogens with one attached hydrogen (secondary N) is 1. The molecule has 0 saturated heterocycles. The Bertz CT molecular complexity index is 870. The highest BCUT2D eigenvalue weighted by Gasteiger charge is 2.08. The predicted octanol–water partition coefficient (Wildman–Crippen LogP) is 3.02. The van der Waals surface area contributed by atoms with Crippen molar-refractivity contribution < 1.29 is 14.3 Å². The lowest BCUT2D eigenvalue weighted by Gasteiger charge is -2.11. The van der Waals surface area contributed by atoms with E-state index < -0.39 is 0 Å². The zero-order chi connectivity index (χ0) is 17.6. The molecule has 0 aliphatic rings. The molecule has 1 heterocycles. The van der Waals surface area contributed by atoms with Crippen molar-refractivity contribution in [1.82, 2.24) is 9.88 Å². The lowest BCUT2D eigenvalue weighted by molar-refractivity contribution is -0.121. The molecule has 0 saturated carbocycles. The molecule has 1 aromatic heterocycles. The number of methoxy groups -OCH3 is 2. The lowest BCUT2D eigenvalue weighted by atomic mass is 10.1. The molecule has 0 spiro atoms. The van der Waals surface area contributed by atoms with E-state index in [1.54, 1.807) is 14.2 Å². The highest BCUT2D eigenvalue weighted by Crippen LogP contribution is 2.24. The topological polar surface area (TPSA) is 52.5 Å². The summed E-state index contributed by atoms with van der Waals surface area (Å²) in [6, 6.07) is 15.7. The van der Waals surface area contributed by atoms with Crippen molar-refractivity contribution in [2.24, 2.45) is 0 Å². The maximum atomic E-state index is 12.2. The Morgan fingerprint density at radius 3 is 2.72 bits per heavy atom. The fourth-order valence-electron chi connectivity index (χ4n) is 2.90. The largest absolute Gasteiger partial charge is 0.497 e. The summed E-state index contributed by atoms with van der Waals surface area (Å²) in [5.41, 5.74) is 2.07. The number of hydrogen-bond donors (Lipinski definition) is 1. The van der Waals surface area contributed by atoms with Crippen LogP contribution >= 0.6 is 0 Å². The molecule has 3 rings (SSSR count). The average molecular weight is 338 g/mol. The van der Waals surface area contributed by atoms with Crippen LogP contribution in [0.3, 0.4) is 0 Å². The second-order valence-electron chi connectivity index (χ2n) is 5.78. The van der Waals surface area contributed by atoms with Crippen LogP contribution < -0.4 is 14.8 Å². The van der Waals surface area contributed by atoms with Gasteiger partial charge in [-0.25, -0.2) is 0 Å². The van der Waals surface area contributed by atoms with Gasteiger partial charge in [0.25, 0.3) is 0 Å². The number of benzene rings is 2. The SMILES string of the molecule is COc1ccc(OC)c(CCNC(=O)Cn2ccc3ccccc32)c1. The number of fused-ring (bicyclic) bond motifs is 1. The molecular formula is C20H22N2O3. The third-order valence-corrected chi connectivity index (χ3v) is 4.20. The van der Waals surface area contributed by atoms with E-state index in [1.807, 2.05) is 59.3 Å². The van der Waals surface area contributed by atoms with Gasteiger partial charge in [-0.2, -0.15) is 0 Å². The molecule has 3 aromatic rings. The van der Waals surface area contributed by atoms with Gasteiger partial charge in [0.05, 0.1) is 14.2 Å². The number of aromatic nitrogens is 1. The summed E-state index contributed by atoms with van der Waals surface area (Å²) in [6.07, 6.45) is 2.62. The minimum Gasteiger partial charge on any atom is -0.497 e. The number of carbonyl (C=O) groups excluding carboxylic acids is 1. The first-order valence-corrected chi connectivity index (χ1v) is 8.22. The van der Waals surface area contributed by atoms with Gasteiger partial charge in [0.2, 0.25) is 5.91 Å². The van der Waals surface area contributed by atoms with E-state index in [2.05, 4.69) is 5.32 Å². The fourth-order valence-corrected chi connectivity index (χ4v) is 2.90. The van der Waals surface area contributed by atoms with Gasteiger partial charge in [-0.1, -0.05) is 18.2 Å². The molecule has 0 aliphatic heterocycles. The fraction of sp³-hybridized carbons (Fsp3) is 0.250. The average Bonchev–Trinajstić information content (AvgIpc) is 3.04. The molecule has 130 valence electrons. The van der Waals surface area contributed by atoms with E-state index in [9.17, 15) is 4.79 Å². The quantitative estimate of drug-likeness (QED) is 0.720. The Labute approximate surface area is 147 Å². The Kier molecular flexibility index (Phi) is 5.23. The molecule has 25 heavy (non-hydrogen) atoms. The highest BCUT2D eigenvalue weighted by atomic mass is 16.5. The Balaban J connectivity index is 1.58. The standard InChI is InChI=1S/C20H22N2O3/c1-24-17-7-8-19(25-2)16(13-17)9-11-21-20(23)14-22-12-10-15-5-3-4-6-18(15)22/h3-8,10,12-13H,9,11,14H2,1-2H3,(H,21,23). The maximum absolute atomic E-state index is 12.2. The van der Waals surface area contributed by atoms with E-state index in [0.29, 0.717) is 19.5 Å². The first-order chi connectivity index (χ1) is 12.2. The Morgan fingerprint density at radius 2 is 1.92 bits per heavy atom. The summed E-state index contributed by atoms with van der Waals surface area (Å²) in [7, 11) is 3.27. The highest BCUT2D eigenvalue weighted by molar-refractivity contribution is 5.83. The van der Waals surface area contributed by atoms with Gasteiger partial charge in [0.1, 0.15) is 18.0 Å². The molecule has 0 bridgehead atoms. The summed E-state index contributed by atoms with van der Waals surface area (Å²) < 4.78 is 12.6. The van der Waals surface area contributed by atoms with Crippen LogP contribution in [0.15, 0.2) is 54.7 Å². The summed E-state index contributed by atoms with van der Waals surface area (Å²) >= 11 is 0. The number of nitrogens with zero attached hydrogens (tertiary/aromatic N) is 1. The number of carbonyl (C=O) groups is 1. The van der Waals surface area contributed by atoms with Crippen molar-refractivity contribution in [3.8, 4) is 11.5 Å². The van der Waals surface area contributed by atoms with E-state index in [-0.39, 0.29) is 5.91 Å². The van der Waals surface area contributed by atoms with Crippen LogP contribution in [0, 0.1) is 0 Å². The molecule has 0 unspecified atom stereocenters. The first kappa shape index (κ1) is 16.9. The molecule has 0 radical (unpaired) electrons. The third-order valence-electron chi connectivity index (χ3n) is 4.20. The maximum Gasteiger partial charge on any atom is 0.239 e. The molecule has 1 N–H and O–H groups in total. The van der Waals surface area contributed by atoms with Gasteiger partial charge >= 0.3 is 0 Å². The zero-order valence-electron chi connectivity index (χ0n) is 14.5. The van der Waals surface area contributed by atoms with E-state index >= 15 is 0 Å². The number of ether oxygens (including phenoxy) is 2. The van der Waals surface area contributed by atoms with Gasteiger partial charge in [-0.15, -0.1) is 0 Å². The van der Waals surface area contributed by atoms with Crippen molar-refractivity contribution in [3.63, 3.8) is 0 Å². The molecule has 0 aliphatic carbocycles. The molecule has 0 atom stereocenters. The smallest absolute Gasteiger partial charge is 0.239 e. The van der Waals surface area contributed by atoms with Gasteiger partial charge in [0, 0.05) is 18.3 Å². The van der Waals surface area contributed by atoms with Crippen LogP contribution in [-0.4, -0.2) is 31.2 Å². The van der Waals surface area contributed by atoms with Crippen LogP contribution in [0.4, 0.5) is 0 Å². The van der Waals surface area contributed by atoms with E-state index in [4.69, 9.17) is 9.47 Å². The van der Waals surface area contributed by atoms with E-state index in [0.717, 1.165) is 28.0 Å². The van der Waals surface area contributed by atoms with Crippen LogP contribution in [0.5, 0.6) is 11.5 Å². The van der Waals surface area contributed by atoms with Gasteiger partial charge in [0.15, 0.2) is 0 Å². The minimum absolute atomic E-state index is 0.0109. The van der Waals surface area contributed by atoms with Crippen LogP contribution in [0.1, 0.15) is 5.56 Å². The van der Waals surface area contributed by atoms with E-state index in [1.165, 1.54) is 0 Å². The van der Waals surface area contributed by atoms with Crippen LogP contribution in [0.2, 0.25) is 0 Å². The van der Waals surface area contributed by atoms with Crippen LogP contribution in [0.25, 0.3) is 10.9 Å². The Hall–Kier alpha value is -2.95. The van der Waals surface area contributed by atoms with Crippen molar-refractivity contribution in [1.29, 1.82) is 0 Å². The molecule has 0 fully saturated rings. The third kappa shape index (κ3) is 3.94. The number of hydrogen-bond acceptors (Lipinski definition) is 3. The minimum atomic E-state index is -0.0109. The van der Waals surface area contributed by atoms with Crippen LogP contribution in [-0.2, 0) is 17.8 Å². The molecule has 5 nitrogen and oxygen atoms in total. The summed E-state index contributed by atoms with van der Waals surface area (Å²) in [5, 5.41) is 4.10. The summed E-state index contributed by atoms with van der Waals surface area (Å²) in [5.74, 6) is 1.57. The number of amides is 1. The van der Waals surface area contributed by atoms with Gasteiger partial charge in [-0.3, -0.25) is 4.79 Å². The van der Waals surface area contributed by atoms with Gasteiger partial charge in [-0.05, 0) is 47.7 Å². The summed E-state index contributed by atoms with van der Waals surface area (Å²) in [4.78, 5) is 12.2. The van der Waals surface area contributed by atoms with Gasteiger partial charge < -0.3 is 19.4 Å². The second kappa shape index (κ2) is 7.75. The zero-order valence-corrected chi connectivity index (χ0v) is 14.5. The first-order valence-electron chi connectivity index (χ1n) is 8.22. The van der Waals surface area contributed by atoms with Crippen molar-refractivity contribution in [3.05, 3.63) is 60.3 Å².